The second kappa shape index (κ2) is 5.78. The Morgan fingerprint density at radius 3 is 1.78 bits per heavy atom. The molecule has 1 aromatic carbocycles. The number of hydrogen-bond donors (Lipinski definition) is 0. The van der Waals surface area contributed by atoms with E-state index < -0.39 is 52.8 Å². The Morgan fingerprint density at radius 2 is 1.39 bits per heavy atom. The van der Waals surface area contributed by atoms with Crippen molar-refractivity contribution in [1.82, 2.24) is 0 Å². The minimum atomic E-state index is -6.67. The van der Waals surface area contributed by atoms with Crippen LogP contribution >= 0.6 is 0 Å². The van der Waals surface area contributed by atoms with Gasteiger partial charge < -0.3 is 5.11 Å². The molecule has 0 saturated carbocycles. The van der Waals surface area contributed by atoms with E-state index in [4.69, 9.17) is 0 Å². The summed E-state index contributed by atoms with van der Waals surface area (Å²) in [6.07, 6.45) is -14.2. The van der Waals surface area contributed by atoms with Crippen molar-refractivity contribution in [1.29, 1.82) is 0 Å². The van der Waals surface area contributed by atoms with Gasteiger partial charge in [-0.25, -0.2) is 13.2 Å². The number of hydrogen-bond acceptors (Lipinski definition) is 2. The van der Waals surface area contributed by atoms with Gasteiger partial charge in [-0.2, -0.15) is 26.3 Å². The van der Waals surface area contributed by atoms with Crippen molar-refractivity contribution < 1.29 is 49.4 Å². The van der Waals surface area contributed by atoms with Crippen molar-refractivity contribution in [3.8, 4) is 0 Å². The van der Waals surface area contributed by atoms with E-state index in [1.807, 2.05) is 0 Å². The SMILES string of the molecule is O=C(/C=C(\[O-])c1ccc(F)c(F)c1)C(F)(C(F)(F)F)C(F)(F)F. The topological polar surface area (TPSA) is 40.1 Å². The van der Waals surface area contributed by atoms with Gasteiger partial charge in [0.25, 0.3) is 0 Å². The van der Waals surface area contributed by atoms with E-state index in [0.717, 1.165) is 0 Å². The molecule has 0 bridgehead atoms. The molecule has 0 aliphatic heterocycles. The Hall–Kier alpha value is -2.20. The minimum absolute atomic E-state index is 0.128. The van der Waals surface area contributed by atoms with Crippen LogP contribution in [0, 0.1) is 11.6 Å². The second-order valence-corrected chi connectivity index (χ2v) is 4.16. The predicted octanol–water partition coefficient (Wildman–Crippen LogP) is 3.07. The molecule has 23 heavy (non-hydrogen) atoms. The van der Waals surface area contributed by atoms with Gasteiger partial charge in [0.05, 0.1) is 0 Å². The largest absolute Gasteiger partial charge is 0.872 e. The Kier molecular flexibility index (Phi) is 4.74. The highest BCUT2D eigenvalue weighted by Gasteiger charge is 2.76. The number of carbonyl (C=O) groups is 1. The molecule has 0 saturated heterocycles. The lowest BCUT2D eigenvalue weighted by Gasteiger charge is -2.28. The van der Waals surface area contributed by atoms with E-state index in [2.05, 4.69) is 0 Å². The van der Waals surface area contributed by atoms with Crippen LogP contribution in [0.5, 0.6) is 0 Å². The van der Waals surface area contributed by atoms with Crippen molar-refractivity contribution in [3.63, 3.8) is 0 Å². The van der Waals surface area contributed by atoms with Gasteiger partial charge in [0.1, 0.15) is 0 Å². The summed E-state index contributed by atoms with van der Waals surface area (Å²) >= 11 is 0. The van der Waals surface area contributed by atoms with Crippen molar-refractivity contribution in [2.24, 2.45) is 0 Å². The zero-order valence-corrected chi connectivity index (χ0v) is 10.5. The maximum atomic E-state index is 13.3. The van der Waals surface area contributed by atoms with Gasteiger partial charge in [-0.3, -0.25) is 4.79 Å². The molecule has 1 rings (SSSR count). The number of rotatable bonds is 3. The number of alkyl halides is 7. The Morgan fingerprint density at radius 1 is 0.913 bits per heavy atom. The first-order valence-electron chi connectivity index (χ1n) is 5.42. The summed E-state index contributed by atoms with van der Waals surface area (Å²) in [6.45, 7) is 0. The second-order valence-electron chi connectivity index (χ2n) is 4.16. The number of allylic oxidation sites excluding steroid dienone is 1. The third kappa shape index (κ3) is 3.42. The Labute approximate surface area is 121 Å². The van der Waals surface area contributed by atoms with E-state index in [9.17, 15) is 49.4 Å². The van der Waals surface area contributed by atoms with E-state index in [1.54, 1.807) is 0 Å². The molecule has 0 heterocycles. The molecule has 0 atom stereocenters. The molecular formula is C12H4F9O2-. The van der Waals surface area contributed by atoms with E-state index in [1.165, 1.54) is 0 Å². The highest BCUT2D eigenvalue weighted by Crippen LogP contribution is 2.47. The summed E-state index contributed by atoms with van der Waals surface area (Å²) in [5, 5.41) is 11.4. The van der Waals surface area contributed by atoms with Gasteiger partial charge in [0.2, 0.25) is 5.78 Å². The summed E-state index contributed by atoms with van der Waals surface area (Å²) in [6, 6.07) is 0.964. The maximum absolute atomic E-state index is 13.3. The molecule has 0 aliphatic carbocycles. The van der Waals surface area contributed by atoms with Crippen molar-refractivity contribution in [2.75, 3.05) is 0 Å². The number of halogens is 9. The molecule has 0 N–H and O–H groups in total. The van der Waals surface area contributed by atoms with Crippen LogP contribution in [0.2, 0.25) is 0 Å². The van der Waals surface area contributed by atoms with Gasteiger partial charge >= 0.3 is 18.0 Å². The van der Waals surface area contributed by atoms with E-state index in [-0.39, 0.29) is 6.07 Å². The van der Waals surface area contributed by atoms with E-state index in [0.29, 0.717) is 12.1 Å². The summed E-state index contributed by atoms with van der Waals surface area (Å²) in [5.41, 5.74) is -7.24. The van der Waals surface area contributed by atoms with Crippen LogP contribution in [0.1, 0.15) is 5.56 Å². The quantitative estimate of drug-likeness (QED) is 0.477. The molecule has 0 amide bonds. The number of ketones is 1. The zero-order chi connectivity index (χ0) is 18.2. The van der Waals surface area contributed by atoms with Crippen molar-refractivity contribution >= 4 is 11.5 Å². The van der Waals surface area contributed by atoms with Gasteiger partial charge in [-0.05, 0) is 23.8 Å². The summed E-state index contributed by atoms with van der Waals surface area (Å²) in [5.74, 6) is -8.19. The summed E-state index contributed by atoms with van der Waals surface area (Å²) < 4.78 is 112. The maximum Gasteiger partial charge on any atom is 0.439 e. The summed E-state index contributed by atoms with van der Waals surface area (Å²) in [7, 11) is 0. The van der Waals surface area contributed by atoms with Crippen LogP contribution in [-0.4, -0.2) is 23.8 Å². The van der Waals surface area contributed by atoms with Crippen LogP contribution in [0.25, 0.3) is 5.76 Å². The fraction of sp³-hybridized carbons (Fsp3) is 0.250. The molecule has 2 nitrogen and oxygen atoms in total. The molecular weight excluding hydrogens is 347 g/mol. The van der Waals surface area contributed by atoms with Gasteiger partial charge in [0, 0.05) is 0 Å². The molecule has 0 fully saturated rings. The number of carbonyl (C=O) groups excluding carboxylic acids is 1. The lowest BCUT2D eigenvalue weighted by Crippen LogP contribution is -2.58. The first kappa shape index (κ1) is 18.8. The summed E-state index contributed by atoms with van der Waals surface area (Å²) in [4.78, 5) is 11.0. The minimum Gasteiger partial charge on any atom is -0.872 e. The molecule has 11 heteroatoms. The molecule has 128 valence electrons. The number of benzene rings is 1. The third-order valence-electron chi connectivity index (χ3n) is 2.59. The lowest BCUT2D eigenvalue weighted by atomic mass is 9.97. The molecule has 0 spiro atoms. The van der Waals surface area contributed by atoms with Gasteiger partial charge in [-0.15, -0.1) is 0 Å². The molecule has 0 radical (unpaired) electrons. The van der Waals surface area contributed by atoms with Crippen LogP contribution in [0.3, 0.4) is 0 Å². The fourth-order valence-corrected chi connectivity index (χ4v) is 1.39. The van der Waals surface area contributed by atoms with Crippen LogP contribution in [0.4, 0.5) is 39.5 Å². The van der Waals surface area contributed by atoms with Crippen molar-refractivity contribution in [2.45, 2.75) is 18.0 Å². The van der Waals surface area contributed by atoms with Crippen molar-refractivity contribution in [3.05, 3.63) is 41.5 Å². The first-order valence-corrected chi connectivity index (χ1v) is 5.42. The van der Waals surface area contributed by atoms with Crippen LogP contribution in [-0.2, 0) is 4.79 Å². The standard InChI is InChI=1S/C12H5F9O2/c13-6-2-1-5(3-7(6)14)8(22)4-9(23)10(15,11(16,17)18)12(19,20)21/h1-4,22H/p-1/b8-4-. The van der Waals surface area contributed by atoms with Crippen LogP contribution in [0.15, 0.2) is 24.3 Å². The molecule has 0 unspecified atom stereocenters. The normalized spacial score (nSPS) is 14.0. The average Bonchev–Trinajstić information content (AvgIpc) is 2.37. The molecule has 0 aliphatic rings. The molecule has 0 aromatic heterocycles. The Balaban J connectivity index is 3.33. The highest BCUT2D eigenvalue weighted by molar-refractivity contribution is 6.02. The van der Waals surface area contributed by atoms with E-state index >= 15 is 0 Å². The third-order valence-corrected chi connectivity index (χ3v) is 2.59. The fourth-order valence-electron chi connectivity index (χ4n) is 1.39. The Bertz CT molecular complexity index is 629. The monoisotopic (exact) mass is 351 g/mol. The van der Waals surface area contributed by atoms with Gasteiger partial charge in [-0.1, -0.05) is 11.8 Å². The zero-order valence-electron chi connectivity index (χ0n) is 10.5. The molecule has 1 aromatic rings. The smallest absolute Gasteiger partial charge is 0.439 e. The highest BCUT2D eigenvalue weighted by atomic mass is 19.4. The van der Waals surface area contributed by atoms with Crippen LogP contribution < -0.4 is 5.11 Å². The first-order chi connectivity index (χ1) is 10.2. The predicted molar refractivity (Wildman–Crippen MR) is 55.3 cm³/mol. The average molecular weight is 351 g/mol. The van der Waals surface area contributed by atoms with Gasteiger partial charge in [0.15, 0.2) is 11.6 Å². The lowest BCUT2D eigenvalue weighted by molar-refractivity contribution is -0.323.